The van der Waals surface area contributed by atoms with Crippen LogP contribution >= 0.6 is 11.3 Å². The Balaban J connectivity index is 1.55. The van der Waals surface area contributed by atoms with E-state index < -0.39 is 5.60 Å². The molecule has 0 bridgehead atoms. The fourth-order valence-corrected chi connectivity index (χ4v) is 3.95. The number of hydrogen-bond donors (Lipinski definition) is 1. The van der Waals surface area contributed by atoms with E-state index in [0.717, 1.165) is 11.3 Å². The molecule has 29 heavy (non-hydrogen) atoms. The summed E-state index contributed by atoms with van der Waals surface area (Å²) in [5, 5.41) is 5.52. The first-order valence-electron chi connectivity index (χ1n) is 9.94. The summed E-state index contributed by atoms with van der Waals surface area (Å²) >= 11 is 1.43. The lowest BCUT2D eigenvalue weighted by atomic mass is 9.96. The van der Waals surface area contributed by atoms with Gasteiger partial charge in [0.15, 0.2) is 5.13 Å². The minimum atomic E-state index is -0.510. The molecule has 2 heterocycles. The van der Waals surface area contributed by atoms with Gasteiger partial charge in [0.25, 0.3) is 0 Å². The Hall–Kier alpha value is -2.41. The molecule has 0 saturated carbocycles. The van der Waals surface area contributed by atoms with Gasteiger partial charge in [0.1, 0.15) is 5.60 Å². The van der Waals surface area contributed by atoms with Crippen molar-refractivity contribution < 1.29 is 14.3 Å². The summed E-state index contributed by atoms with van der Waals surface area (Å²) in [6, 6.07) is 6.25. The molecule has 1 N–H and O–H groups in total. The van der Waals surface area contributed by atoms with Crippen molar-refractivity contribution in [3.63, 3.8) is 0 Å². The number of carbonyl (C=O) groups excluding carboxylic acids is 2. The quantitative estimate of drug-likeness (QED) is 0.765. The molecule has 1 aliphatic heterocycles. The summed E-state index contributed by atoms with van der Waals surface area (Å²) in [6.45, 7) is 10.8. The number of nitrogens with zero attached hydrogens (tertiary/aromatic N) is 2. The maximum atomic E-state index is 12.6. The molecule has 0 atom stereocenters. The van der Waals surface area contributed by atoms with Crippen LogP contribution in [0.2, 0.25) is 0 Å². The number of rotatable bonds is 3. The maximum absolute atomic E-state index is 12.6. The molecule has 3 rings (SSSR count). The van der Waals surface area contributed by atoms with Gasteiger partial charge in [-0.25, -0.2) is 9.78 Å². The van der Waals surface area contributed by atoms with Crippen molar-refractivity contribution in [1.82, 2.24) is 9.88 Å². The van der Waals surface area contributed by atoms with Crippen LogP contribution in [0, 0.1) is 19.8 Å². The average Bonchev–Trinajstić information content (AvgIpc) is 3.11. The largest absolute Gasteiger partial charge is 0.444 e. The number of likely N-dealkylation sites (tertiary alicyclic amines) is 1. The standard InChI is InChI=1S/C22H29N3O3S/c1-14-6-7-17(12-15(14)2)18-13-29-20(23-18)24-19(26)16-8-10-25(11-9-16)21(27)28-22(3,4)5/h6-7,12-13,16H,8-11H2,1-5H3,(H,23,24,26). The van der Waals surface area contributed by atoms with Crippen LogP contribution in [0.4, 0.5) is 9.93 Å². The molecule has 1 saturated heterocycles. The van der Waals surface area contributed by atoms with Gasteiger partial charge < -0.3 is 15.0 Å². The van der Waals surface area contributed by atoms with Gasteiger partial charge in [-0.2, -0.15) is 0 Å². The number of aromatic nitrogens is 1. The van der Waals surface area contributed by atoms with E-state index >= 15 is 0 Å². The van der Waals surface area contributed by atoms with Crippen LogP contribution in [0.15, 0.2) is 23.6 Å². The highest BCUT2D eigenvalue weighted by Gasteiger charge is 2.30. The van der Waals surface area contributed by atoms with Crippen molar-refractivity contribution in [1.29, 1.82) is 0 Å². The van der Waals surface area contributed by atoms with Crippen LogP contribution < -0.4 is 5.32 Å². The number of hydrogen-bond acceptors (Lipinski definition) is 5. The zero-order valence-corrected chi connectivity index (χ0v) is 18.6. The second-order valence-electron chi connectivity index (χ2n) is 8.57. The second-order valence-corrected chi connectivity index (χ2v) is 9.43. The van der Waals surface area contributed by atoms with Gasteiger partial charge in [0.05, 0.1) is 5.69 Å². The second kappa shape index (κ2) is 8.53. The number of amides is 2. The normalized spacial score (nSPS) is 15.3. The zero-order valence-electron chi connectivity index (χ0n) is 17.7. The first-order chi connectivity index (χ1) is 13.6. The number of aryl methyl sites for hydroxylation is 2. The summed E-state index contributed by atoms with van der Waals surface area (Å²) < 4.78 is 5.41. The van der Waals surface area contributed by atoms with Gasteiger partial charge in [-0.1, -0.05) is 12.1 Å². The van der Waals surface area contributed by atoms with Gasteiger partial charge in [-0.3, -0.25) is 4.79 Å². The lowest BCUT2D eigenvalue weighted by Gasteiger charge is -2.32. The van der Waals surface area contributed by atoms with Crippen molar-refractivity contribution in [3.8, 4) is 11.3 Å². The predicted octanol–water partition coefficient (Wildman–Crippen LogP) is 5.01. The summed E-state index contributed by atoms with van der Waals surface area (Å²) in [5.41, 5.74) is 3.88. The first-order valence-corrected chi connectivity index (χ1v) is 10.8. The van der Waals surface area contributed by atoms with E-state index in [9.17, 15) is 9.59 Å². The number of ether oxygens (including phenoxy) is 1. The first kappa shape index (κ1) is 21.3. The SMILES string of the molecule is Cc1ccc(-c2csc(NC(=O)C3CCN(C(=O)OC(C)(C)C)CC3)n2)cc1C. The molecule has 0 unspecified atom stereocenters. The molecule has 156 valence electrons. The van der Waals surface area contributed by atoms with E-state index in [-0.39, 0.29) is 17.9 Å². The molecule has 1 aromatic heterocycles. The Labute approximate surface area is 176 Å². The highest BCUT2D eigenvalue weighted by atomic mass is 32.1. The Kier molecular flexibility index (Phi) is 6.27. The highest BCUT2D eigenvalue weighted by molar-refractivity contribution is 7.14. The lowest BCUT2D eigenvalue weighted by molar-refractivity contribution is -0.121. The van der Waals surface area contributed by atoms with Crippen molar-refractivity contribution in [2.45, 2.75) is 53.1 Å². The van der Waals surface area contributed by atoms with Gasteiger partial charge in [-0.15, -0.1) is 11.3 Å². The molecule has 2 aromatic rings. The molecular weight excluding hydrogens is 386 g/mol. The smallest absolute Gasteiger partial charge is 0.410 e. The monoisotopic (exact) mass is 415 g/mol. The maximum Gasteiger partial charge on any atom is 0.410 e. The molecule has 7 heteroatoms. The van der Waals surface area contributed by atoms with Crippen LogP contribution in [0.25, 0.3) is 11.3 Å². The van der Waals surface area contributed by atoms with Crippen LogP contribution in [0.3, 0.4) is 0 Å². The van der Waals surface area contributed by atoms with Crippen LogP contribution in [0.1, 0.15) is 44.7 Å². The fraction of sp³-hybridized carbons (Fsp3) is 0.500. The third-order valence-electron chi connectivity index (χ3n) is 5.05. The predicted molar refractivity (Wildman–Crippen MR) is 116 cm³/mol. The molecule has 1 aromatic carbocycles. The number of piperidine rings is 1. The topological polar surface area (TPSA) is 71.5 Å². The number of anilines is 1. The molecule has 1 fully saturated rings. The molecular formula is C22H29N3O3S. The summed E-state index contributed by atoms with van der Waals surface area (Å²) in [6.07, 6.45) is 0.940. The number of thiazole rings is 1. The average molecular weight is 416 g/mol. The third kappa shape index (κ3) is 5.56. The van der Waals surface area contributed by atoms with E-state index in [1.54, 1.807) is 4.90 Å². The Bertz CT molecular complexity index is 893. The highest BCUT2D eigenvalue weighted by Crippen LogP contribution is 2.28. The number of carbonyl (C=O) groups is 2. The molecule has 0 spiro atoms. The summed E-state index contributed by atoms with van der Waals surface area (Å²) in [5.74, 6) is -0.155. The van der Waals surface area contributed by atoms with E-state index in [2.05, 4.69) is 42.3 Å². The van der Waals surface area contributed by atoms with E-state index in [1.807, 2.05) is 26.2 Å². The number of benzene rings is 1. The molecule has 1 aliphatic rings. The van der Waals surface area contributed by atoms with Gasteiger partial charge >= 0.3 is 6.09 Å². The Morgan fingerprint density at radius 1 is 1.17 bits per heavy atom. The molecule has 2 amide bonds. The van der Waals surface area contributed by atoms with Crippen LogP contribution in [-0.4, -0.2) is 40.6 Å². The summed E-state index contributed by atoms with van der Waals surface area (Å²) in [7, 11) is 0. The van der Waals surface area contributed by atoms with E-state index in [4.69, 9.17) is 4.74 Å². The van der Waals surface area contributed by atoms with Gasteiger partial charge in [0.2, 0.25) is 5.91 Å². The minimum absolute atomic E-state index is 0.0326. The van der Waals surface area contributed by atoms with E-state index in [0.29, 0.717) is 31.1 Å². The van der Waals surface area contributed by atoms with Crippen molar-refractivity contribution in [3.05, 3.63) is 34.7 Å². The van der Waals surface area contributed by atoms with Crippen molar-refractivity contribution >= 4 is 28.5 Å². The molecule has 0 radical (unpaired) electrons. The molecule has 6 nitrogen and oxygen atoms in total. The Morgan fingerprint density at radius 3 is 2.48 bits per heavy atom. The van der Waals surface area contributed by atoms with Crippen LogP contribution in [0.5, 0.6) is 0 Å². The Morgan fingerprint density at radius 2 is 1.86 bits per heavy atom. The minimum Gasteiger partial charge on any atom is -0.444 e. The number of nitrogens with one attached hydrogen (secondary N) is 1. The lowest BCUT2D eigenvalue weighted by Crippen LogP contribution is -2.43. The van der Waals surface area contributed by atoms with Crippen molar-refractivity contribution in [2.24, 2.45) is 5.92 Å². The third-order valence-corrected chi connectivity index (χ3v) is 5.81. The fourth-order valence-electron chi connectivity index (χ4n) is 3.22. The molecule has 0 aliphatic carbocycles. The van der Waals surface area contributed by atoms with Gasteiger partial charge in [0, 0.05) is 30.0 Å². The van der Waals surface area contributed by atoms with E-state index in [1.165, 1.54) is 22.5 Å². The van der Waals surface area contributed by atoms with Gasteiger partial charge in [-0.05, 0) is 64.7 Å². The summed E-state index contributed by atoms with van der Waals surface area (Å²) in [4.78, 5) is 31.0. The van der Waals surface area contributed by atoms with Crippen LogP contribution in [-0.2, 0) is 9.53 Å². The van der Waals surface area contributed by atoms with Crippen molar-refractivity contribution in [2.75, 3.05) is 18.4 Å². The zero-order chi connectivity index (χ0) is 21.2.